The second-order valence-corrected chi connectivity index (χ2v) is 5.62. The minimum Gasteiger partial charge on any atom is -0.395 e. The zero-order valence-corrected chi connectivity index (χ0v) is 11.7. The molecule has 1 aromatic carbocycles. The van der Waals surface area contributed by atoms with Crippen molar-refractivity contribution in [2.24, 2.45) is 0 Å². The minimum atomic E-state index is 0.165. The lowest BCUT2D eigenvalue weighted by molar-refractivity contribution is 0.278. The third-order valence-corrected chi connectivity index (χ3v) is 4.23. The molecule has 0 aliphatic carbocycles. The van der Waals surface area contributed by atoms with E-state index in [1.54, 1.807) is 0 Å². The topological polar surface area (TPSA) is 37.2 Å². The molecule has 0 saturated carbocycles. The summed E-state index contributed by atoms with van der Waals surface area (Å²) in [6, 6.07) is 6.03. The molecule has 0 radical (unpaired) electrons. The van der Waals surface area contributed by atoms with Crippen LogP contribution in [0.25, 0.3) is 10.9 Å². The predicted octanol–water partition coefficient (Wildman–Crippen LogP) is 2.75. The van der Waals surface area contributed by atoms with Gasteiger partial charge in [0.15, 0.2) is 0 Å². The maximum Gasteiger partial charge on any atom is 0.0610 e. The third kappa shape index (κ3) is 2.50. The molecule has 1 aliphatic heterocycles. The van der Waals surface area contributed by atoms with E-state index < -0.39 is 0 Å². The van der Waals surface area contributed by atoms with Crippen molar-refractivity contribution in [1.29, 1.82) is 0 Å². The molecule has 1 saturated heterocycles. The number of fused-ring (bicyclic) bond motifs is 1. The van der Waals surface area contributed by atoms with Gasteiger partial charge in [0.1, 0.15) is 0 Å². The van der Waals surface area contributed by atoms with Crippen LogP contribution in [0.2, 0.25) is 5.02 Å². The molecule has 2 N–H and O–H groups in total. The van der Waals surface area contributed by atoms with Gasteiger partial charge in [-0.3, -0.25) is 0 Å². The van der Waals surface area contributed by atoms with Crippen molar-refractivity contribution in [3.05, 3.63) is 35.0 Å². The number of halogens is 1. The Balaban J connectivity index is 2.08. The summed E-state index contributed by atoms with van der Waals surface area (Å²) in [5, 5.41) is 14.6. The Labute approximate surface area is 118 Å². The molecular weight excluding hydrogens is 260 g/mol. The Morgan fingerprint density at radius 1 is 1.32 bits per heavy atom. The smallest absolute Gasteiger partial charge is 0.0610 e. The molecule has 1 fully saturated rings. The highest BCUT2D eigenvalue weighted by Crippen LogP contribution is 2.34. The first-order chi connectivity index (χ1) is 9.29. The predicted molar refractivity (Wildman–Crippen MR) is 78.9 cm³/mol. The fourth-order valence-corrected chi connectivity index (χ4v) is 3.22. The van der Waals surface area contributed by atoms with Crippen LogP contribution in [0.1, 0.15) is 24.3 Å². The summed E-state index contributed by atoms with van der Waals surface area (Å²) in [5.74, 6) is 0.599. The van der Waals surface area contributed by atoms with Crippen LogP contribution < -0.4 is 5.32 Å². The van der Waals surface area contributed by atoms with Gasteiger partial charge in [-0.15, -0.1) is 0 Å². The van der Waals surface area contributed by atoms with Crippen molar-refractivity contribution in [2.45, 2.75) is 25.3 Å². The first-order valence-electron chi connectivity index (χ1n) is 6.89. The highest BCUT2D eigenvalue weighted by molar-refractivity contribution is 6.31. The van der Waals surface area contributed by atoms with E-state index in [9.17, 15) is 5.11 Å². The van der Waals surface area contributed by atoms with Gasteiger partial charge >= 0.3 is 0 Å². The molecule has 4 heteroatoms. The molecule has 2 aromatic rings. The maximum absolute atomic E-state index is 9.20. The van der Waals surface area contributed by atoms with Gasteiger partial charge in [0.05, 0.1) is 6.61 Å². The zero-order chi connectivity index (χ0) is 13.2. The molecule has 3 nitrogen and oxygen atoms in total. The summed E-state index contributed by atoms with van der Waals surface area (Å²) >= 11 is 6.14. The number of hydrogen-bond donors (Lipinski definition) is 2. The number of nitrogens with zero attached hydrogens (tertiary/aromatic N) is 1. The average molecular weight is 279 g/mol. The number of piperidine rings is 1. The molecule has 1 aliphatic rings. The largest absolute Gasteiger partial charge is 0.395 e. The van der Waals surface area contributed by atoms with Crippen molar-refractivity contribution in [3.63, 3.8) is 0 Å². The van der Waals surface area contributed by atoms with Crippen molar-refractivity contribution < 1.29 is 5.11 Å². The monoisotopic (exact) mass is 278 g/mol. The maximum atomic E-state index is 9.20. The normalized spacial score (nSPS) is 17.2. The number of aliphatic hydroxyl groups is 1. The van der Waals surface area contributed by atoms with Crippen LogP contribution in [0.15, 0.2) is 24.4 Å². The summed E-state index contributed by atoms with van der Waals surface area (Å²) in [6.45, 7) is 2.97. The van der Waals surface area contributed by atoms with E-state index in [1.165, 1.54) is 29.3 Å². The third-order valence-electron chi connectivity index (χ3n) is 3.99. The van der Waals surface area contributed by atoms with Gasteiger partial charge < -0.3 is 15.0 Å². The summed E-state index contributed by atoms with van der Waals surface area (Å²) < 4.78 is 2.14. The zero-order valence-electron chi connectivity index (χ0n) is 10.9. The SMILES string of the molecule is OCCn1cc(C2CCNCC2)c2cc(Cl)ccc21. The van der Waals surface area contributed by atoms with Crippen LogP contribution in [0.3, 0.4) is 0 Å². The highest BCUT2D eigenvalue weighted by Gasteiger charge is 2.20. The fourth-order valence-electron chi connectivity index (χ4n) is 3.05. The summed E-state index contributed by atoms with van der Waals surface area (Å²) in [7, 11) is 0. The standard InChI is InChI=1S/C15H19ClN2O/c16-12-1-2-15-13(9-12)14(10-18(15)7-8-19)11-3-5-17-6-4-11/h1-2,9-11,17,19H,3-8H2. The summed E-state index contributed by atoms with van der Waals surface area (Å²) in [5.41, 5.74) is 2.56. The molecule has 0 unspecified atom stereocenters. The van der Waals surface area contributed by atoms with Gasteiger partial charge in [-0.05, 0) is 55.6 Å². The van der Waals surface area contributed by atoms with Gasteiger partial charge in [0, 0.05) is 28.7 Å². The number of rotatable bonds is 3. The molecule has 1 aromatic heterocycles. The second kappa shape index (κ2) is 5.53. The molecule has 0 spiro atoms. The Morgan fingerprint density at radius 3 is 2.84 bits per heavy atom. The van der Waals surface area contributed by atoms with Crippen LogP contribution in [-0.2, 0) is 6.54 Å². The molecule has 102 valence electrons. The van der Waals surface area contributed by atoms with Gasteiger partial charge in [-0.25, -0.2) is 0 Å². The van der Waals surface area contributed by atoms with Gasteiger partial charge in [0.25, 0.3) is 0 Å². The first-order valence-corrected chi connectivity index (χ1v) is 7.27. The molecule has 0 atom stereocenters. The lowest BCUT2D eigenvalue weighted by Crippen LogP contribution is -2.26. The quantitative estimate of drug-likeness (QED) is 0.906. The highest BCUT2D eigenvalue weighted by atomic mass is 35.5. The van der Waals surface area contributed by atoms with Gasteiger partial charge in [-0.1, -0.05) is 11.6 Å². The van der Waals surface area contributed by atoms with Crippen molar-refractivity contribution >= 4 is 22.5 Å². The lowest BCUT2D eigenvalue weighted by atomic mass is 9.90. The number of aromatic nitrogens is 1. The minimum absolute atomic E-state index is 0.165. The first kappa shape index (κ1) is 13.0. The molecule has 2 heterocycles. The molecule has 0 bridgehead atoms. The Hall–Kier alpha value is -1.03. The van der Waals surface area contributed by atoms with Crippen LogP contribution in [-0.4, -0.2) is 29.4 Å². The lowest BCUT2D eigenvalue weighted by Gasteiger charge is -2.22. The fraction of sp³-hybridized carbons (Fsp3) is 0.467. The molecule has 19 heavy (non-hydrogen) atoms. The van der Waals surface area contributed by atoms with E-state index in [0.717, 1.165) is 18.1 Å². The van der Waals surface area contributed by atoms with E-state index in [4.69, 9.17) is 11.6 Å². The average Bonchev–Trinajstić information content (AvgIpc) is 2.78. The Kier molecular flexibility index (Phi) is 3.78. The second-order valence-electron chi connectivity index (χ2n) is 5.19. The van der Waals surface area contributed by atoms with Gasteiger partial charge in [0.2, 0.25) is 0 Å². The number of aliphatic hydroxyl groups excluding tert-OH is 1. The van der Waals surface area contributed by atoms with Crippen LogP contribution in [0.4, 0.5) is 0 Å². The van der Waals surface area contributed by atoms with Crippen molar-refractivity contribution in [3.8, 4) is 0 Å². The number of benzene rings is 1. The summed E-state index contributed by atoms with van der Waals surface area (Å²) in [4.78, 5) is 0. The molecule has 3 rings (SSSR count). The van der Waals surface area contributed by atoms with Crippen LogP contribution in [0.5, 0.6) is 0 Å². The van der Waals surface area contributed by atoms with E-state index in [2.05, 4.69) is 28.2 Å². The van der Waals surface area contributed by atoms with Crippen molar-refractivity contribution in [2.75, 3.05) is 19.7 Å². The van der Waals surface area contributed by atoms with E-state index >= 15 is 0 Å². The number of hydrogen-bond acceptors (Lipinski definition) is 2. The Bertz CT molecular complexity index is 573. The van der Waals surface area contributed by atoms with E-state index in [0.29, 0.717) is 12.5 Å². The summed E-state index contributed by atoms with van der Waals surface area (Å²) in [6.07, 6.45) is 4.54. The van der Waals surface area contributed by atoms with Gasteiger partial charge in [-0.2, -0.15) is 0 Å². The van der Waals surface area contributed by atoms with Crippen LogP contribution in [0, 0.1) is 0 Å². The van der Waals surface area contributed by atoms with Crippen molar-refractivity contribution in [1.82, 2.24) is 9.88 Å². The molecule has 0 amide bonds. The molecular formula is C15H19ClN2O. The number of nitrogens with one attached hydrogen (secondary N) is 1. The van der Waals surface area contributed by atoms with Crippen LogP contribution >= 0.6 is 11.6 Å². The van der Waals surface area contributed by atoms with E-state index in [-0.39, 0.29) is 6.61 Å². The Morgan fingerprint density at radius 2 is 2.11 bits per heavy atom. The van der Waals surface area contributed by atoms with E-state index in [1.807, 2.05) is 6.07 Å².